The van der Waals surface area contributed by atoms with Crippen molar-refractivity contribution in [2.75, 3.05) is 40.2 Å². The van der Waals surface area contributed by atoms with Crippen LogP contribution in [0.4, 0.5) is 4.79 Å². The van der Waals surface area contributed by atoms with Gasteiger partial charge in [0.15, 0.2) is 11.5 Å². The summed E-state index contributed by atoms with van der Waals surface area (Å²) in [7, 11) is 4.61. The molecule has 0 N–H and O–H groups in total. The zero-order valence-corrected chi connectivity index (χ0v) is 17.5. The molecule has 0 atom stereocenters. The molecule has 0 bridgehead atoms. The number of amides is 3. The van der Waals surface area contributed by atoms with Gasteiger partial charge in [-0.2, -0.15) is 0 Å². The van der Waals surface area contributed by atoms with E-state index in [1.165, 1.54) is 32.3 Å². The van der Waals surface area contributed by atoms with Gasteiger partial charge < -0.3 is 19.1 Å². The Labute approximate surface area is 173 Å². The summed E-state index contributed by atoms with van der Waals surface area (Å²) in [4.78, 5) is 39.4. The molecule has 0 radical (unpaired) electrons. The van der Waals surface area contributed by atoms with Crippen LogP contribution in [0.25, 0.3) is 6.08 Å². The van der Waals surface area contributed by atoms with Crippen molar-refractivity contribution in [1.82, 2.24) is 9.80 Å². The molecule has 3 amide bonds. The van der Waals surface area contributed by atoms with E-state index in [0.717, 1.165) is 17.3 Å². The van der Waals surface area contributed by atoms with Gasteiger partial charge in [-0.1, -0.05) is 11.8 Å². The van der Waals surface area contributed by atoms with Gasteiger partial charge in [0.2, 0.25) is 17.6 Å². The third-order valence-corrected chi connectivity index (χ3v) is 5.87. The maximum atomic E-state index is 12.6. The molecule has 0 saturated carbocycles. The lowest BCUT2D eigenvalue weighted by molar-refractivity contribution is -0.129. The smallest absolute Gasteiger partial charge is 0.289 e. The zero-order valence-electron chi connectivity index (χ0n) is 16.7. The van der Waals surface area contributed by atoms with E-state index in [1.54, 1.807) is 23.1 Å². The molecule has 0 unspecified atom stereocenters. The Kier molecular flexibility index (Phi) is 6.68. The second-order valence-corrected chi connectivity index (χ2v) is 7.59. The minimum atomic E-state index is -0.179. The number of ether oxygens (including phenoxy) is 3. The molecule has 156 valence electrons. The largest absolute Gasteiger partial charge is 0.493 e. The highest BCUT2D eigenvalue weighted by Crippen LogP contribution is 2.38. The van der Waals surface area contributed by atoms with Gasteiger partial charge in [-0.05, 0) is 36.6 Å². The molecule has 9 heteroatoms. The monoisotopic (exact) mass is 420 g/mol. The van der Waals surface area contributed by atoms with Crippen molar-refractivity contribution in [3.63, 3.8) is 0 Å². The fraction of sp³-hybridized carbons (Fsp3) is 0.450. The predicted octanol–water partition coefficient (Wildman–Crippen LogP) is 2.41. The number of hydrogen-bond donors (Lipinski definition) is 0. The minimum absolute atomic E-state index is 0.117. The molecule has 2 aliphatic rings. The number of hydrogen-bond acceptors (Lipinski definition) is 7. The van der Waals surface area contributed by atoms with Crippen LogP contribution < -0.4 is 14.2 Å². The maximum Gasteiger partial charge on any atom is 0.289 e. The lowest BCUT2D eigenvalue weighted by Gasteiger charge is -2.35. The van der Waals surface area contributed by atoms with Crippen molar-refractivity contribution >= 4 is 34.9 Å². The highest BCUT2D eigenvalue weighted by molar-refractivity contribution is 8.14. The molecule has 8 nitrogen and oxygen atoms in total. The van der Waals surface area contributed by atoms with Crippen molar-refractivity contribution in [3.8, 4) is 17.2 Å². The molecule has 0 aliphatic carbocycles. The number of carbonyl (C=O) groups is 3. The van der Waals surface area contributed by atoms with Crippen LogP contribution >= 0.6 is 11.8 Å². The molecule has 1 aromatic carbocycles. The highest BCUT2D eigenvalue weighted by Gasteiger charge is 2.37. The quantitative estimate of drug-likeness (QED) is 0.654. The van der Waals surface area contributed by atoms with E-state index in [4.69, 9.17) is 14.2 Å². The van der Waals surface area contributed by atoms with Crippen molar-refractivity contribution in [2.45, 2.75) is 18.9 Å². The molecule has 0 spiro atoms. The summed E-state index contributed by atoms with van der Waals surface area (Å²) < 4.78 is 15.9. The first-order valence-electron chi connectivity index (χ1n) is 9.24. The van der Waals surface area contributed by atoms with E-state index in [1.807, 2.05) is 0 Å². The summed E-state index contributed by atoms with van der Waals surface area (Å²) >= 11 is 1.04. The third-order valence-electron chi connectivity index (χ3n) is 5.03. The number of likely N-dealkylation sites (tertiary alicyclic amines) is 1. The molecule has 0 aromatic heterocycles. The molecule has 2 fully saturated rings. The average Bonchev–Trinajstić information content (AvgIpc) is 3.09. The molecule has 29 heavy (non-hydrogen) atoms. The van der Waals surface area contributed by atoms with E-state index < -0.39 is 0 Å². The van der Waals surface area contributed by atoms with Crippen LogP contribution in [0.1, 0.15) is 18.4 Å². The fourth-order valence-corrected chi connectivity index (χ4v) is 4.31. The number of methoxy groups -OCH3 is 3. The Morgan fingerprint density at radius 1 is 1.07 bits per heavy atom. The summed E-state index contributed by atoms with van der Waals surface area (Å²) in [6.45, 7) is 1.01. The van der Waals surface area contributed by atoms with Gasteiger partial charge >= 0.3 is 0 Å². The van der Waals surface area contributed by atoms with E-state index >= 15 is 0 Å². The lowest BCUT2D eigenvalue weighted by atomic mass is 10.0. The summed E-state index contributed by atoms with van der Waals surface area (Å²) in [5.74, 6) is 1.48. The minimum Gasteiger partial charge on any atom is -0.493 e. The Hall–Kier alpha value is -2.68. The summed E-state index contributed by atoms with van der Waals surface area (Å²) in [5, 5.41) is -0.179. The Balaban J connectivity index is 1.63. The molecule has 2 aliphatic heterocycles. The van der Waals surface area contributed by atoms with Gasteiger partial charge in [-0.25, -0.2) is 0 Å². The SMILES string of the molecule is COc1cc(C=CC(=O)N2CCC(N3C(=O)CSC3=O)CC2)cc(OC)c1OC. The van der Waals surface area contributed by atoms with Gasteiger partial charge in [0.1, 0.15) is 0 Å². The molecule has 1 aromatic rings. The first-order valence-corrected chi connectivity index (χ1v) is 10.2. The molecular weight excluding hydrogens is 396 g/mol. The van der Waals surface area contributed by atoms with Crippen LogP contribution in [0.5, 0.6) is 17.2 Å². The number of nitrogens with zero attached hydrogens (tertiary/aromatic N) is 2. The molecule has 3 rings (SSSR count). The molecule has 2 heterocycles. The number of thioether (sulfide) groups is 1. The third kappa shape index (κ3) is 4.50. The number of carbonyl (C=O) groups excluding carboxylic acids is 3. The summed E-state index contributed by atoms with van der Waals surface area (Å²) in [6.07, 6.45) is 4.40. The van der Waals surface area contributed by atoms with Crippen molar-refractivity contribution in [2.24, 2.45) is 0 Å². The first kappa shape index (κ1) is 21.0. The number of rotatable bonds is 6. The van der Waals surface area contributed by atoms with Gasteiger partial charge in [0.25, 0.3) is 5.24 Å². The van der Waals surface area contributed by atoms with Crippen LogP contribution in [0.3, 0.4) is 0 Å². The molecule has 2 saturated heterocycles. The number of piperidine rings is 1. The van der Waals surface area contributed by atoms with Gasteiger partial charge in [0, 0.05) is 25.2 Å². The topological polar surface area (TPSA) is 85.4 Å². The zero-order chi connectivity index (χ0) is 21.0. The second-order valence-electron chi connectivity index (χ2n) is 6.67. The van der Waals surface area contributed by atoms with E-state index in [0.29, 0.717) is 43.2 Å². The average molecular weight is 420 g/mol. The van der Waals surface area contributed by atoms with Crippen LogP contribution in [0.15, 0.2) is 18.2 Å². The van der Waals surface area contributed by atoms with E-state index in [9.17, 15) is 14.4 Å². The van der Waals surface area contributed by atoms with E-state index in [-0.39, 0.29) is 28.8 Å². The summed E-state index contributed by atoms with van der Waals surface area (Å²) in [6, 6.07) is 3.41. The normalized spacial score (nSPS) is 17.9. The standard InChI is InChI=1S/C20H24N2O6S/c1-26-15-10-13(11-16(27-2)19(15)28-3)4-5-17(23)21-8-6-14(7-9-21)22-18(24)12-29-20(22)25/h4-5,10-11,14H,6-9,12H2,1-3H3. The van der Waals surface area contributed by atoms with Crippen LogP contribution in [-0.2, 0) is 9.59 Å². The van der Waals surface area contributed by atoms with E-state index in [2.05, 4.69) is 0 Å². The van der Waals surface area contributed by atoms with Gasteiger partial charge in [-0.3, -0.25) is 19.3 Å². The van der Waals surface area contributed by atoms with Crippen LogP contribution in [0.2, 0.25) is 0 Å². The fourth-order valence-electron chi connectivity index (χ4n) is 3.53. The van der Waals surface area contributed by atoms with Crippen LogP contribution in [-0.4, -0.2) is 73.1 Å². The van der Waals surface area contributed by atoms with Crippen LogP contribution in [0, 0.1) is 0 Å². The van der Waals surface area contributed by atoms with Crippen molar-refractivity contribution in [1.29, 1.82) is 0 Å². The van der Waals surface area contributed by atoms with Crippen molar-refractivity contribution < 1.29 is 28.6 Å². The van der Waals surface area contributed by atoms with Gasteiger partial charge in [0.05, 0.1) is 27.1 Å². The van der Waals surface area contributed by atoms with Gasteiger partial charge in [-0.15, -0.1) is 0 Å². The van der Waals surface area contributed by atoms with Crippen molar-refractivity contribution in [3.05, 3.63) is 23.8 Å². The predicted molar refractivity (Wildman–Crippen MR) is 109 cm³/mol. The number of benzene rings is 1. The molecular formula is C20H24N2O6S. The second kappa shape index (κ2) is 9.21. The highest BCUT2D eigenvalue weighted by atomic mass is 32.2. The Morgan fingerprint density at radius 3 is 2.17 bits per heavy atom. The Morgan fingerprint density at radius 2 is 1.69 bits per heavy atom. The summed E-state index contributed by atoms with van der Waals surface area (Å²) in [5.41, 5.74) is 0.744. The Bertz CT molecular complexity index is 791. The first-order chi connectivity index (χ1) is 14.0. The number of imide groups is 1. The maximum absolute atomic E-state index is 12.6. The lowest BCUT2D eigenvalue weighted by Crippen LogP contribution is -2.48.